The molecule has 0 saturated carbocycles. The third-order valence-electron chi connectivity index (χ3n) is 1.93. The Morgan fingerprint density at radius 1 is 0.889 bits per heavy atom. The number of ether oxygens (including phenoxy) is 2. The molecular formula is C14H12Cl2O2. The summed E-state index contributed by atoms with van der Waals surface area (Å²) in [6.45, 7) is 1.00. The van der Waals surface area contributed by atoms with Crippen LogP contribution in [0.2, 0.25) is 0 Å². The maximum absolute atomic E-state index is 5.49. The minimum absolute atomic E-state index is 0.501. The highest BCUT2D eigenvalue weighted by atomic mass is 35.5. The fourth-order valence-corrected chi connectivity index (χ4v) is 1.38. The topological polar surface area (TPSA) is 18.5 Å². The SMILES string of the molecule is ClC#CCCOc1cccc(OCCC#CCl)c1. The molecule has 1 aromatic rings. The molecule has 94 valence electrons. The number of rotatable bonds is 6. The van der Waals surface area contributed by atoms with E-state index in [-0.39, 0.29) is 0 Å². The van der Waals surface area contributed by atoms with E-state index < -0.39 is 0 Å². The van der Waals surface area contributed by atoms with Crippen molar-refractivity contribution in [2.75, 3.05) is 13.2 Å². The number of hydrogen-bond acceptors (Lipinski definition) is 2. The van der Waals surface area contributed by atoms with Gasteiger partial charge in [-0.2, -0.15) is 0 Å². The molecule has 0 aliphatic heterocycles. The molecule has 0 aliphatic rings. The Morgan fingerprint density at radius 2 is 1.39 bits per heavy atom. The van der Waals surface area contributed by atoms with Gasteiger partial charge in [0.2, 0.25) is 0 Å². The molecule has 0 aromatic heterocycles. The van der Waals surface area contributed by atoms with Crippen LogP contribution >= 0.6 is 23.2 Å². The number of hydrogen-bond donors (Lipinski definition) is 0. The van der Waals surface area contributed by atoms with E-state index in [0.717, 1.165) is 11.5 Å². The lowest BCUT2D eigenvalue weighted by Crippen LogP contribution is -1.98. The van der Waals surface area contributed by atoms with Crippen molar-refractivity contribution in [3.05, 3.63) is 24.3 Å². The van der Waals surface area contributed by atoms with Gasteiger partial charge >= 0.3 is 0 Å². The number of halogens is 2. The molecule has 0 spiro atoms. The van der Waals surface area contributed by atoms with Crippen molar-refractivity contribution in [1.82, 2.24) is 0 Å². The van der Waals surface area contributed by atoms with Crippen LogP contribution in [0.15, 0.2) is 24.3 Å². The highest BCUT2D eigenvalue weighted by Gasteiger charge is 1.97. The van der Waals surface area contributed by atoms with Crippen LogP contribution in [0.1, 0.15) is 12.8 Å². The summed E-state index contributed by atoms with van der Waals surface area (Å²) >= 11 is 10.5. The third-order valence-corrected chi connectivity index (χ3v) is 2.20. The first-order valence-corrected chi connectivity index (χ1v) is 6.15. The Labute approximate surface area is 117 Å². The van der Waals surface area contributed by atoms with Crippen LogP contribution in [0.5, 0.6) is 11.5 Å². The van der Waals surface area contributed by atoms with Crippen LogP contribution in [-0.4, -0.2) is 13.2 Å². The molecule has 4 heteroatoms. The minimum atomic E-state index is 0.501. The Hall–Kier alpha value is -1.48. The molecular weight excluding hydrogens is 271 g/mol. The zero-order valence-corrected chi connectivity index (χ0v) is 11.2. The largest absolute Gasteiger partial charge is 0.492 e. The first kappa shape index (κ1) is 14.6. The molecule has 0 saturated heterocycles. The smallest absolute Gasteiger partial charge is 0.123 e. The summed E-state index contributed by atoms with van der Waals surface area (Å²) < 4.78 is 11.0. The summed E-state index contributed by atoms with van der Waals surface area (Å²) in [5, 5.41) is 4.60. The van der Waals surface area contributed by atoms with Crippen LogP contribution in [0.4, 0.5) is 0 Å². The Morgan fingerprint density at radius 3 is 1.83 bits per heavy atom. The zero-order valence-electron chi connectivity index (χ0n) is 9.71. The molecule has 0 radical (unpaired) electrons. The monoisotopic (exact) mass is 282 g/mol. The molecule has 0 aliphatic carbocycles. The summed E-state index contributed by atoms with van der Waals surface area (Å²) in [6.07, 6.45) is 1.19. The standard InChI is InChI=1S/C14H12Cl2O2/c15-8-1-3-10-17-13-6-5-7-14(12-13)18-11-4-2-9-16/h5-7,12H,3-4,10-11H2. The van der Waals surface area contributed by atoms with E-state index in [9.17, 15) is 0 Å². The Balaban J connectivity index is 2.39. The third kappa shape index (κ3) is 6.30. The van der Waals surface area contributed by atoms with Crippen LogP contribution in [-0.2, 0) is 0 Å². The van der Waals surface area contributed by atoms with Crippen LogP contribution < -0.4 is 9.47 Å². The van der Waals surface area contributed by atoms with Crippen molar-refractivity contribution < 1.29 is 9.47 Å². The maximum Gasteiger partial charge on any atom is 0.123 e. The Kier molecular flexibility index (Phi) is 7.73. The van der Waals surface area contributed by atoms with Gasteiger partial charge in [0.25, 0.3) is 0 Å². The van der Waals surface area contributed by atoms with E-state index in [1.54, 1.807) is 0 Å². The Bertz CT molecular complexity index is 437. The molecule has 0 unspecified atom stereocenters. The average Bonchev–Trinajstić information content (AvgIpc) is 2.40. The van der Waals surface area contributed by atoms with E-state index in [2.05, 4.69) is 22.6 Å². The lowest BCUT2D eigenvalue weighted by Gasteiger charge is -2.07. The van der Waals surface area contributed by atoms with Crippen LogP contribution in [0, 0.1) is 22.6 Å². The van der Waals surface area contributed by atoms with E-state index in [1.807, 2.05) is 24.3 Å². The predicted octanol–water partition coefficient (Wildman–Crippen LogP) is 3.62. The lowest BCUT2D eigenvalue weighted by molar-refractivity contribution is 0.311. The van der Waals surface area contributed by atoms with Gasteiger partial charge in [-0.1, -0.05) is 17.9 Å². The zero-order chi connectivity index (χ0) is 13.1. The molecule has 0 amide bonds. The van der Waals surface area contributed by atoms with Crippen molar-refractivity contribution in [2.45, 2.75) is 12.8 Å². The highest BCUT2D eigenvalue weighted by Crippen LogP contribution is 2.19. The van der Waals surface area contributed by atoms with Gasteiger partial charge in [-0.3, -0.25) is 0 Å². The van der Waals surface area contributed by atoms with E-state index in [1.165, 1.54) is 0 Å². The number of benzene rings is 1. The van der Waals surface area contributed by atoms with E-state index in [4.69, 9.17) is 32.7 Å². The van der Waals surface area contributed by atoms with Gasteiger partial charge in [0.1, 0.15) is 11.5 Å². The lowest BCUT2D eigenvalue weighted by atomic mass is 10.3. The molecule has 2 nitrogen and oxygen atoms in total. The van der Waals surface area contributed by atoms with Crippen molar-refractivity contribution in [1.29, 1.82) is 0 Å². The summed E-state index contributed by atoms with van der Waals surface area (Å²) in [7, 11) is 0. The second-order valence-corrected chi connectivity index (χ2v) is 3.59. The molecule has 18 heavy (non-hydrogen) atoms. The van der Waals surface area contributed by atoms with Crippen LogP contribution in [0.25, 0.3) is 0 Å². The highest BCUT2D eigenvalue weighted by molar-refractivity contribution is 6.30. The normalized spacial score (nSPS) is 8.56. The van der Waals surface area contributed by atoms with Gasteiger partial charge in [-0.05, 0) is 35.3 Å². The fourth-order valence-electron chi connectivity index (χ4n) is 1.19. The van der Waals surface area contributed by atoms with Gasteiger partial charge in [-0.25, -0.2) is 0 Å². The summed E-state index contributed by atoms with van der Waals surface area (Å²) in [4.78, 5) is 0. The molecule has 0 N–H and O–H groups in total. The van der Waals surface area contributed by atoms with Gasteiger partial charge in [0.05, 0.1) is 13.2 Å². The quantitative estimate of drug-likeness (QED) is 0.586. The molecule has 0 fully saturated rings. The van der Waals surface area contributed by atoms with Gasteiger partial charge in [-0.15, -0.1) is 0 Å². The summed E-state index contributed by atoms with van der Waals surface area (Å²) in [5.41, 5.74) is 0. The molecule has 0 atom stereocenters. The van der Waals surface area contributed by atoms with E-state index >= 15 is 0 Å². The van der Waals surface area contributed by atoms with Crippen molar-refractivity contribution in [3.63, 3.8) is 0 Å². The second-order valence-electron chi connectivity index (χ2n) is 3.21. The molecule has 0 heterocycles. The fraction of sp³-hybridized carbons (Fsp3) is 0.286. The van der Waals surface area contributed by atoms with E-state index in [0.29, 0.717) is 26.1 Å². The first-order valence-electron chi connectivity index (χ1n) is 5.39. The second kappa shape index (κ2) is 9.54. The van der Waals surface area contributed by atoms with Gasteiger partial charge in [0, 0.05) is 29.7 Å². The summed E-state index contributed by atoms with van der Waals surface area (Å²) in [5.74, 6) is 6.91. The average molecular weight is 283 g/mol. The first-order chi connectivity index (χ1) is 8.86. The van der Waals surface area contributed by atoms with Crippen molar-refractivity contribution in [2.24, 2.45) is 0 Å². The van der Waals surface area contributed by atoms with Crippen molar-refractivity contribution >= 4 is 23.2 Å². The van der Waals surface area contributed by atoms with Crippen LogP contribution in [0.3, 0.4) is 0 Å². The minimum Gasteiger partial charge on any atom is -0.492 e. The van der Waals surface area contributed by atoms with Gasteiger partial charge < -0.3 is 9.47 Å². The molecule has 1 aromatic carbocycles. The van der Waals surface area contributed by atoms with Crippen molar-refractivity contribution in [3.8, 4) is 34.1 Å². The summed E-state index contributed by atoms with van der Waals surface area (Å²) in [6, 6.07) is 7.41. The molecule has 0 bridgehead atoms. The predicted molar refractivity (Wildman–Crippen MR) is 73.9 cm³/mol. The maximum atomic E-state index is 5.49. The van der Waals surface area contributed by atoms with Gasteiger partial charge in [0.15, 0.2) is 0 Å². The molecule has 1 rings (SSSR count).